The standard InChI is InChI=1S/C15H18N2O4/c1-9-3-4-11(10(2)7-9)16-14(19)8-21-15(20)12-5-6-13(18)17-12/h3-4,7,12H,5-6,8H2,1-2H3,(H,16,19)(H,17,18)/t12-/m0/s1. The Morgan fingerprint density at radius 3 is 2.76 bits per heavy atom. The molecule has 0 bridgehead atoms. The lowest BCUT2D eigenvalue weighted by molar-refractivity contribution is -0.149. The van der Waals surface area contributed by atoms with E-state index >= 15 is 0 Å². The van der Waals surface area contributed by atoms with Crippen molar-refractivity contribution in [2.45, 2.75) is 32.7 Å². The molecule has 2 rings (SSSR count). The first-order valence-electron chi connectivity index (χ1n) is 6.79. The molecule has 1 fully saturated rings. The van der Waals surface area contributed by atoms with Crippen LogP contribution in [0.25, 0.3) is 0 Å². The van der Waals surface area contributed by atoms with Gasteiger partial charge in [0.15, 0.2) is 6.61 Å². The molecule has 6 heteroatoms. The summed E-state index contributed by atoms with van der Waals surface area (Å²) in [5.74, 6) is -1.15. The van der Waals surface area contributed by atoms with E-state index in [1.54, 1.807) is 0 Å². The fourth-order valence-electron chi connectivity index (χ4n) is 2.17. The molecule has 2 amide bonds. The van der Waals surface area contributed by atoms with E-state index in [9.17, 15) is 14.4 Å². The van der Waals surface area contributed by atoms with Crippen LogP contribution in [-0.2, 0) is 19.1 Å². The summed E-state index contributed by atoms with van der Waals surface area (Å²) in [4.78, 5) is 34.4. The number of carbonyl (C=O) groups is 3. The van der Waals surface area contributed by atoms with Crippen molar-refractivity contribution in [3.05, 3.63) is 29.3 Å². The fraction of sp³-hybridized carbons (Fsp3) is 0.400. The highest BCUT2D eigenvalue weighted by molar-refractivity contribution is 5.94. The second kappa shape index (κ2) is 6.39. The zero-order chi connectivity index (χ0) is 15.4. The van der Waals surface area contributed by atoms with E-state index in [-0.39, 0.29) is 12.5 Å². The quantitative estimate of drug-likeness (QED) is 0.812. The van der Waals surface area contributed by atoms with Crippen LogP contribution < -0.4 is 10.6 Å². The molecule has 21 heavy (non-hydrogen) atoms. The lowest BCUT2D eigenvalue weighted by Crippen LogP contribution is -2.36. The van der Waals surface area contributed by atoms with E-state index in [1.165, 1.54) is 0 Å². The van der Waals surface area contributed by atoms with Gasteiger partial charge in [0.2, 0.25) is 5.91 Å². The van der Waals surface area contributed by atoms with Gasteiger partial charge in [-0.3, -0.25) is 9.59 Å². The normalized spacial score (nSPS) is 17.2. The SMILES string of the molecule is Cc1ccc(NC(=O)COC(=O)[C@@H]2CCC(=O)N2)c(C)c1. The van der Waals surface area contributed by atoms with E-state index in [0.29, 0.717) is 18.5 Å². The predicted octanol–water partition coefficient (Wildman–Crippen LogP) is 1.06. The molecular formula is C15H18N2O4. The van der Waals surface area contributed by atoms with Crippen LogP contribution in [0.2, 0.25) is 0 Å². The molecule has 0 aromatic heterocycles. The molecule has 1 aromatic rings. The summed E-state index contributed by atoms with van der Waals surface area (Å²) in [5.41, 5.74) is 2.74. The Balaban J connectivity index is 1.82. The summed E-state index contributed by atoms with van der Waals surface area (Å²) >= 11 is 0. The summed E-state index contributed by atoms with van der Waals surface area (Å²) in [6.45, 7) is 3.50. The summed E-state index contributed by atoms with van der Waals surface area (Å²) in [6, 6.07) is 5.02. The molecule has 1 saturated heterocycles. The summed E-state index contributed by atoms with van der Waals surface area (Å²) in [7, 11) is 0. The molecule has 0 aliphatic carbocycles. The molecule has 112 valence electrons. The number of hydrogen-bond donors (Lipinski definition) is 2. The highest BCUT2D eigenvalue weighted by Crippen LogP contribution is 2.16. The van der Waals surface area contributed by atoms with E-state index in [0.717, 1.165) is 11.1 Å². The van der Waals surface area contributed by atoms with Crippen molar-refractivity contribution in [2.24, 2.45) is 0 Å². The maximum Gasteiger partial charge on any atom is 0.329 e. The Kier molecular flexibility index (Phi) is 4.57. The number of esters is 1. The topological polar surface area (TPSA) is 84.5 Å². The van der Waals surface area contributed by atoms with Gasteiger partial charge >= 0.3 is 5.97 Å². The van der Waals surface area contributed by atoms with E-state index in [2.05, 4.69) is 10.6 Å². The van der Waals surface area contributed by atoms with Gasteiger partial charge in [0.1, 0.15) is 6.04 Å². The van der Waals surface area contributed by atoms with Gasteiger partial charge in [0.05, 0.1) is 0 Å². The number of nitrogens with one attached hydrogen (secondary N) is 2. The number of benzene rings is 1. The Morgan fingerprint density at radius 1 is 1.38 bits per heavy atom. The largest absolute Gasteiger partial charge is 0.454 e. The number of rotatable bonds is 4. The van der Waals surface area contributed by atoms with Gasteiger partial charge in [-0.15, -0.1) is 0 Å². The molecule has 1 aromatic carbocycles. The molecule has 6 nitrogen and oxygen atoms in total. The third-order valence-corrected chi connectivity index (χ3v) is 3.28. The molecule has 1 aliphatic rings. The smallest absolute Gasteiger partial charge is 0.329 e. The Morgan fingerprint density at radius 2 is 2.14 bits per heavy atom. The first-order valence-corrected chi connectivity index (χ1v) is 6.79. The van der Waals surface area contributed by atoms with E-state index in [4.69, 9.17) is 4.74 Å². The van der Waals surface area contributed by atoms with Crippen LogP contribution in [-0.4, -0.2) is 30.4 Å². The molecule has 1 aliphatic heterocycles. The van der Waals surface area contributed by atoms with Crippen LogP contribution >= 0.6 is 0 Å². The average Bonchev–Trinajstić information content (AvgIpc) is 2.86. The van der Waals surface area contributed by atoms with Crippen LogP contribution in [0.5, 0.6) is 0 Å². The maximum atomic E-state index is 11.8. The van der Waals surface area contributed by atoms with Gasteiger partial charge in [-0.2, -0.15) is 0 Å². The minimum atomic E-state index is -0.633. The van der Waals surface area contributed by atoms with Crippen molar-refractivity contribution < 1.29 is 19.1 Å². The van der Waals surface area contributed by atoms with Crippen LogP contribution in [0, 0.1) is 13.8 Å². The third kappa shape index (κ3) is 4.05. The number of amides is 2. The van der Waals surface area contributed by atoms with Crippen molar-refractivity contribution in [3.8, 4) is 0 Å². The molecule has 0 radical (unpaired) electrons. The van der Waals surface area contributed by atoms with Gasteiger partial charge in [-0.1, -0.05) is 17.7 Å². The molecule has 1 heterocycles. The zero-order valence-corrected chi connectivity index (χ0v) is 12.1. The molecule has 0 saturated carbocycles. The molecule has 0 unspecified atom stereocenters. The highest BCUT2D eigenvalue weighted by Gasteiger charge is 2.28. The fourth-order valence-corrected chi connectivity index (χ4v) is 2.17. The number of anilines is 1. The zero-order valence-electron chi connectivity index (χ0n) is 12.1. The summed E-state index contributed by atoms with van der Waals surface area (Å²) in [6.07, 6.45) is 0.727. The van der Waals surface area contributed by atoms with Gasteiger partial charge in [-0.05, 0) is 31.9 Å². The van der Waals surface area contributed by atoms with Gasteiger partial charge in [-0.25, -0.2) is 4.79 Å². The van der Waals surface area contributed by atoms with Crippen LogP contribution in [0.4, 0.5) is 5.69 Å². The van der Waals surface area contributed by atoms with Crippen LogP contribution in [0.3, 0.4) is 0 Å². The molecule has 2 N–H and O–H groups in total. The Hall–Kier alpha value is -2.37. The number of ether oxygens (including phenoxy) is 1. The van der Waals surface area contributed by atoms with Gasteiger partial charge in [0.25, 0.3) is 5.91 Å². The third-order valence-electron chi connectivity index (χ3n) is 3.28. The maximum absolute atomic E-state index is 11.8. The molecule has 0 spiro atoms. The molecule has 1 atom stereocenters. The summed E-state index contributed by atoms with van der Waals surface area (Å²) in [5, 5.41) is 5.19. The first kappa shape index (κ1) is 15.0. The number of carbonyl (C=O) groups excluding carboxylic acids is 3. The van der Waals surface area contributed by atoms with Gasteiger partial charge in [0, 0.05) is 12.1 Å². The van der Waals surface area contributed by atoms with E-state index < -0.39 is 17.9 Å². The van der Waals surface area contributed by atoms with Crippen molar-refractivity contribution in [1.29, 1.82) is 0 Å². The second-order valence-electron chi connectivity index (χ2n) is 5.13. The minimum Gasteiger partial charge on any atom is -0.454 e. The lowest BCUT2D eigenvalue weighted by atomic mass is 10.1. The number of hydrogen-bond acceptors (Lipinski definition) is 4. The van der Waals surface area contributed by atoms with Crippen molar-refractivity contribution in [1.82, 2.24) is 5.32 Å². The van der Waals surface area contributed by atoms with Crippen LogP contribution in [0.15, 0.2) is 18.2 Å². The second-order valence-corrected chi connectivity index (χ2v) is 5.13. The lowest BCUT2D eigenvalue weighted by Gasteiger charge is -2.11. The first-order chi connectivity index (χ1) is 9.95. The Labute approximate surface area is 122 Å². The average molecular weight is 290 g/mol. The highest BCUT2D eigenvalue weighted by atomic mass is 16.5. The van der Waals surface area contributed by atoms with Gasteiger partial charge < -0.3 is 15.4 Å². The van der Waals surface area contributed by atoms with Crippen LogP contribution in [0.1, 0.15) is 24.0 Å². The summed E-state index contributed by atoms with van der Waals surface area (Å²) < 4.78 is 4.91. The predicted molar refractivity (Wildman–Crippen MR) is 76.7 cm³/mol. The van der Waals surface area contributed by atoms with E-state index in [1.807, 2.05) is 32.0 Å². The van der Waals surface area contributed by atoms with Crippen molar-refractivity contribution in [2.75, 3.05) is 11.9 Å². The minimum absolute atomic E-state index is 0.170. The van der Waals surface area contributed by atoms with Crippen molar-refractivity contribution in [3.63, 3.8) is 0 Å². The monoisotopic (exact) mass is 290 g/mol. The molecular weight excluding hydrogens is 272 g/mol. The number of aryl methyl sites for hydroxylation is 2. The Bertz CT molecular complexity index is 583. The van der Waals surface area contributed by atoms with Crippen molar-refractivity contribution >= 4 is 23.5 Å².